The highest BCUT2D eigenvalue weighted by atomic mass is 35.5. The summed E-state index contributed by atoms with van der Waals surface area (Å²) in [7, 11) is 1.34. The van der Waals surface area contributed by atoms with Crippen LogP contribution in [0.25, 0.3) is 0 Å². The summed E-state index contributed by atoms with van der Waals surface area (Å²) in [5, 5.41) is 3.49. The molecule has 5 rings (SSSR count). The summed E-state index contributed by atoms with van der Waals surface area (Å²) < 4.78 is 4.78. The largest absolute Gasteiger partial charge is 0.465 e. The van der Waals surface area contributed by atoms with Crippen LogP contribution < -0.4 is 5.32 Å². The molecule has 1 aromatic carbocycles. The minimum absolute atomic E-state index is 0.0502. The first-order chi connectivity index (χ1) is 12.5. The molecule has 27 heavy (non-hydrogen) atoms. The molecule has 4 fully saturated rings. The number of halogens is 1. The zero-order valence-electron chi connectivity index (χ0n) is 16.6. The first kappa shape index (κ1) is 18.8. The quantitative estimate of drug-likeness (QED) is 0.699. The maximum absolute atomic E-state index is 13.5. The highest BCUT2D eigenvalue weighted by Crippen LogP contribution is 2.73. The maximum atomic E-state index is 13.5. The van der Waals surface area contributed by atoms with E-state index in [0.29, 0.717) is 16.3 Å². The average Bonchev–Trinajstić information content (AvgIpc) is 2.51. The number of benzene rings is 1. The number of esters is 1. The molecule has 4 aliphatic carbocycles. The number of rotatable bonds is 3. The van der Waals surface area contributed by atoms with E-state index in [4.69, 9.17) is 16.3 Å². The topological polar surface area (TPSA) is 55.4 Å². The average molecular weight is 390 g/mol. The number of carbonyl (C=O) groups excluding carboxylic acids is 2. The van der Waals surface area contributed by atoms with E-state index in [1.165, 1.54) is 26.4 Å². The summed E-state index contributed by atoms with van der Waals surface area (Å²) in [6.45, 7) is 7.07. The SMILES string of the molecule is COC(=O)c1ccc(Cl)c(NC(=O)C23CC4(C)CC(C)(CC(C)(C4)C2)C3)c1. The van der Waals surface area contributed by atoms with E-state index in [-0.39, 0.29) is 27.6 Å². The van der Waals surface area contributed by atoms with Gasteiger partial charge >= 0.3 is 5.97 Å². The van der Waals surface area contributed by atoms with Gasteiger partial charge < -0.3 is 10.1 Å². The molecule has 1 aromatic rings. The van der Waals surface area contributed by atoms with Crippen molar-refractivity contribution in [2.24, 2.45) is 21.7 Å². The lowest BCUT2D eigenvalue weighted by Gasteiger charge is -2.68. The van der Waals surface area contributed by atoms with Crippen LogP contribution in [0.5, 0.6) is 0 Å². The van der Waals surface area contributed by atoms with Crippen LogP contribution in [0.3, 0.4) is 0 Å². The Morgan fingerprint density at radius 2 is 1.48 bits per heavy atom. The molecule has 0 aliphatic heterocycles. The van der Waals surface area contributed by atoms with Crippen LogP contribution in [0, 0.1) is 21.7 Å². The first-order valence-electron chi connectivity index (χ1n) is 9.69. The van der Waals surface area contributed by atoms with Crippen LogP contribution in [-0.4, -0.2) is 19.0 Å². The molecule has 0 radical (unpaired) electrons. The molecule has 4 nitrogen and oxygen atoms in total. The Labute approximate surface area is 166 Å². The van der Waals surface area contributed by atoms with Crippen molar-refractivity contribution < 1.29 is 14.3 Å². The van der Waals surface area contributed by atoms with Crippen LogP contribution in [0.15, 0.2) is 18.2 Å². The molecular formula is C22H28ClNO3. The Morgan fingerprint density at radius 3 is 1.96 bits per heavy atom. The van der Waals surface area contributed by atoms with Gasteiger partial charge in [-0.3, -0.25) is 4.79 Å². The number of nitrogens with one attached hydrogen (secondary N) is 1. The molecule has 0 heterocycles. The molecule has 0 atom stereocenters. The van der Waals surface area contributed by atoms with Gasteiger partial charge in [0.25, 0.3) is 0 Å². The summed E-state index contributed by atoms with van der Waals surface area (Å²) in [4.78, 5) is 25.3. The fraction of sp³-hybridized carbons (Fsp3) is 0.636. The molecular weight excluding hydrogens is 362 g/mol. The number of methoxy groups -OCH3 is 1. The summed E-state index contributed by atoms with van der Waals surface area (Å²) in [6, 6.07) is 4.85. The van der Waals surface area contributed by atoms with E-state index >= 15 is 0 Å². The van der Waals surface area contributed by atoms with Gasteiger partial charge in [-0.15, -0.1) is 0 Å². The van der Waals surface area contributed by atoms with E-state index in [9.17, 15) is 9.59 Å². The molecule has 4 bridgehead atoms. The highest BCUT2D eigenvalue weighted by Gasteiger charge is 2.66. The van der Waals surface area contributed by atoms with Crippen molar-refractivity contribution in [3.8, 4) is 0 Å². The molecule has 1 amide bonds. The fourth-order valence-electron chi connectivity index (χ4n) is 7.65. The molecule has 4 aliphatic rings. The van der Waals surface area contributed by atoms with Crippen molar-refractivity contribution in [3.05, 3.63) is 28.8 Å². The van der Waals surface area contributed by atoms with E-state index in [0.717, 1.165) is 19.3 Å². The normalized spacial score (nSPS) is 39.3. The Balaban J connectivity index is 1.65. The van der Waals surface area contributed by atoms with Crippen molar-refractivity contribution >= 4 is 29.2 Å². The second-order valence-electron chi connectivity index (χ2n) is 10.4. The lowest BCUT2D eigenvalue weighted by molar-refractivity contribution is -0.188. The number of ether oxygens (including phenoxy) is 1. The molecule has 0 spiro atoms. The highest BCUT2D eigenvalue weighted by molar-refractivity contribution is 6.34. The number of carbonyl (C=O) groups is 2. The zero-order valence-corrected chi connectivity index (χ0v) is 17.3. The maximum Gasteiger partial charge on any atom is 0.337 e. The molecule has 0 unspecified atom stereocenters. The summed E-state index contributed by atoms with van der Waals surface area (Å²) in [6.07, 6.45) is 6.44. The van der Waals surface area contributed by atoms with Crippen molar-refractivity contribution in [2.75, 3.05) is 12.4 Å². The number of amides is 1. The van der Waals surface area contributed by atoms with E-state index in [1.54, 1.807) is 18.2 Å². The van der Waals surface area contributed by atoms with Gasteiger partial charge in [0.2, 0.25) is 5.91 Å². The standard InChI is InChI=1S/C22H28ClNO3/c1-19-8-20(2)10-21(3,9-19)13-22(11-19,12-20)18(26)24-16-7-14(17(25)27-4)5-6-15(16)23/h5-7H,8-13H2,1-4H3,(H,24,26). The fourth-order valence-corrected chi connectivity index (χ4v) is 7.82. The van der Waals surface area contributed by atoms with Crippen LogP contribution in [0.2, 0.25) is 5.02 Å². The van der Waals surface area contributed by atoms with Crippen molar-refractivity contribution in [3.63, 3.8) is 0 Å². The van der Waals surface area contributed by atoms with Gasteiger partial charge in [0.15, 0.2) is 0 Å². The first-order valence-corrected chi connectivity index (χ1v) is 10.1. The van der Waals surface area contributed by atoms with Crippen molar-refractivity contribution in [1.29, 1.82) is 0 Å². The summed E-state index contributed by atoms with van der Waals surface area (Å²) in [5.41, 5.74) is 1.21. The van der Waals surface area contributed by atoms with Crippen LogP contribution in [0.4, 0.5) is 5.69 Å². The lowest BCUT2D eigenvalue weighted by atomic mass is 9.36. The predicted octanol–water partition coefficient (Wildman–Crippen LogP) is 5.45. The number of anilines is 1. The van der Waals surface area contributed by atoms with Crippen molar-refractivity contribution in [1.82, 2.24) is 0 Å². The van der Waals surface area contributed by atoms with Crippen molar-refractivity contribution in [2.45, 2.75) is 59.3 Å². The zero-order chi connectivity index (χ0) is 19.7. The van der Waals surface area contributed by atoms with Gasteiger partial charge in [-0.05, 0) is 73.0 Å². The molecule has 4 saturated carbocycles. The molecule has 1 N–H and O–H groups in total. The Morgan fingerprint density at radius 1 is 0.963 bits per heavy atom. The van der Waals surface area contributed by atoms with E-state index < -0.39 is 5.97 Å². The number of hydrogen-bond acceptors (Lipinski definition) is 3. The second kappa shape index (κ2) is 5.73. The Bertz CT molecular complexity index is 779. The molecule has 0 aromatic heterocycles. The van der Waals surface area contributed by atoms with Gasteiger partial charge in [0, 0.05) is 0 Å². The van der Waals surface area contributed by atoms with Crippen LogP contribution >= 0.6 is 11.6 Å². The number of hydrogen-bond donors (Lipinski definition) is 1. The minimum atomic E-state index is -0.440. The monoisotopic (exact) mass is 389 g/mol. The smallest absolute Gasteiger partial charge is 0.337 e. The Hall–Kier alpha value is -1.55. The van der Waals surface area contributed by atoms with Gasteiger partial charge in [-0.25, -0.2) is 4.79 Å². The van der Waals surface area contributed by atoms with Gasteiger partial charge in [0.1, 0.15) is 0 Å². The van der Waals surface area contributed by atoms with Gasteiger partial charge in [-0.1, -0.05) is 32.4 Å². The van der Waals surface area contributed by atoms with Gasteiger partial charge in [0.05, 0.1) is 28.8 Å². The molecule has 0 saturated heterocycles. The lowest BCUT2D eigenvalue weighted by Crippen LogP contribution is -2.62. The molecule has 5 heteroatoms. The predicted molar refractivity (Wildman–Crippen MR) is 106 cm³/mol. The second-order valence-corrected chi connectivity index (χ2v) is 10.8. The molecule has 146 valence electrons. The van der Waals surface area contributed by atoms with Gasteiger partial charge in [-0.2, -0.15) is 0 Å². The Kier molecular flexibility index (Phi) is 3.99. The third-order valence-electron chi connectivity index (χ3n) is 6.97. The third kappa shape index (κ3) is 3.06. The summed E-state index contributed by atoms with van der Waals surface area (Å²) >= 11 is 6.31. The third-order valence-corrected chi connectivity index (χ3v) is 7.30. The summed E-state index contributed by atoms with van der Waals surface area (Å²) in [5.74, 6) is -0.390. The van der Waals surface area contributed by atoms with E-state index in [2.05, 4.69) is 26.1 Å². The van der Waals surface area contributed by atoms with Crippen LogP contribution in [0.1, 0.15) is 69.7 Å². The minimum Gasteiger partial charge on any atom is -0.465 e. The van der Waals surface area contributed by atoms with Crippen LogP contribution in [-0.2, 0) is 9.53 Å². The van der Waals surface area contributed by atoms with E-state index in [1.807, 2.05) is 0 Å².